The maximum Gasteiger partial charge on any atom is 0.338 e. The largest absolute Gasteiger partial charge is 0.452 e. The van der Waals surface area contributed by atoms with E-state index >= 15 is 0 Å². The minimum absolute atomic E-state index is 0.338. The highest BCUT2D eigenvalue weighted by Gasteiger charge is 2.10. The fourth-order valence-electron chi connectivity index (χ4n) is 1.63. The van der Waals surface area contributed by atoms with Gasteiger partial charge in [-0.05, 0) is 43.3 Å². The third-order valence-corrected chi connectivity index (χ3v) is 3.00. The van der Waals surface area contributed by atoms with Crippen molar-refractivity contribution >= 4 is 29.2 Å². The average molecular weight is 304 g/mol. The summed E-state index contributed by atoms with van der Waals surface area (Å²) in [6.45, 7) is 1.62. The number of carbonyl (C=O) groups is 2. The molecule has 2 aromatic carbocycles. The number of carbonyl (C=O) groups excluding carboxylic acids is 2. The van der Waals surface area contributed by atoms with Gasteiger partial charge in [-0.2, -0.15) is 0 Å². The Balaban J connectivity index is 1.84. The summed E-state index contributed by atoms with van der Waals surface area (Å²) in [5.74, 6) is -0.952. The number of ether oxygens (including phenoxy) is 1. The van der Waals surface area contributed by atoms with Gasteiger partial charge in [0.25, 0.3) is 5.91 Å². The molecule has 0 aliphatic heterocycles. The summed E-state index contributed by atoms with van der Waals surface area (Å²) in [5.41, 5.74) is 2.11. The summed E-state index contributed by atoms with van der Waals surface area (Å²) in [5, 5.41) is 3.18. The molecule has 1 N–H and O–H groups in total. The van der Waals surface area contributed by atoms with Crippen molar-refractivity contribution in [1.82, 2.24) is 0 Å². The lowest BCUT2D eigenvalue weighted by molar-refractivity contribution is -0.119. The summed E-state index contributed by atoms with van der Waals surface area (Å²) in [6.07, 6.45) is 0. The van der Waals surface area contributed by atoms with Crippen LogP contribution in [0.25, 0.3) is 0 Å². The summed E-state index contributed by atoms with van der Waals surface area (Å²) in [4.78, 5) is 23.4. The lowest BCUT2D eigenvalue weighted by Gasteiger charge is -2.07. The van der Waals surface area contributed by atoms with Crippen LogP contribution < -0.4 is 5.32 Å². The first-order valence-corrected chi connectivity index (χ1v) is 6.71. The van der Waals surface area contributed by atoms with Gasteiger partial charge in [-0.1, -0.05) is 29.3 Å². The first-order chi connectivity index (χ1) is 10.0. The van der Waals surface area contributed by atoms with Gasteiger partial charge in [0.2, 0.25) is 0 Å². The number of amides is 1. The smallest absolute Gasteiger partial charge is 0.338 e. The molecule has 1 amide bonds. The van der Waals surface area contributed by atoms with Gasteiger partial charge in [0.05, 0.1) is 5.56 Å². The number of halogens is 1. The average Bonchev–Trinajstić information content (AvgIpc) is 2.48. The molecule has 0 aliphatic rings. The molecule has 21 heavy (non-hydrogen) atoms. The van der Waals surface area contributed by atoms with Gasteiger partial charge in [-0.25, -0.2) is 4.79 Å². The van der Waals surface area contributed by atoms with Crippen LogP contribution in [0.1, 0.15) is 15.9 Å². The second-order valence-electron chi connectivity index (χ2n) is 4.50. The Morgan fingerprint density at radius 2 is 1.67 bits per heavy atom. The molecular weight excluding hydrogens is 290 g/mol. The molecule has 0 unspecified atom stereocenters. The zero-order valence-corrected chi connectivity index (χ0v) is 12.2. The summed E-state index contributed by atoms with van der Waals surface area (Å²) in [7, 11) is 0. The maximum atomic E-state index is 11.7. The van der Waals surface area contributed by atoms with Crippen molar-refractivity contribution in [3.8, 4) is 0 Å². The molecule has 0 aromatic heterocycles. The van der Waals surface area contributed by atoms with Crippen LogP contribution in [0.4, 0.5) is 5.69 Å². The highest BCUT2D eigenvalue weighted by molar-refractivity contribution is 6.30. The minimum atomic E-state index is -0.564. The Labute approximate surface area is 127 Å². The molecule has 2 rings (SSSR count). The van der Waals surface area contributed by atoms with E-state index in [1.165, 1.54) is 0 Å². The monoisotopic (exact) mass is 303 g/mol. The first-order valence-electron chi connectivity index (χ1n) is 6.34. The Kier molecular flexibility index (Phi) is 4.95. The van der Waals surface area contributed by atoms with E-state index < -0.39 is 5.97 Å². The van der Waals surface area contributed by atoms with Gasteiger partial charge in [0, 0.05) is 10.7 Å². The molecule has 5 heteroatoms. The van der Waals surface area contributed by atoms with Crippen LogP contribution in [-0.4, -0.2) is 18.5 Å². The van der Waals surface area contributed by atoms with Crippen molar-refractivity contribution in [2.75, 3.05) is 11.9 Å². The van der Waals surface area contributed by atoms with E-state index in [0.29, 0.717) is 16.3 Å². The van der Waals surface area contributed by atoms with Gasteiger partial charge in [0.15, 0.2) is 6.61 Å². The molecule has 0 radical (unpaired) electrons. The Morgan fingerprint density at radius 1 is 1.05 bits per heavy atom. The molecule has 0 fully saturated rings. The Hall–Kier alpha value is -2.33. The van der Waals surface area contributed by atoms with E-state index in [2.05, 4.69) is 5.32 Å². The lowest BCUT2D eigenvalue weighted by atomic mass is 10.2. The molecule has 0 heterocycles. The van der Waals surface area contributed by atoms with Gasteiger partial charge >= 0.3 is 5.97 Å². The van der Waals surface area contributed by atoms with Crippen molar-refractivity contribution in [2.45, 2.75) is 6.92 Å². The van der Waals surface area contributed by atoms with Gasteiger partial charge in [-0.3, -0.25) is 4.79 Å². The molecule has 108 valence electrons. The number of anilines is 1. The highest BCUT2D eigenvalue weighted by Crippen LogP contribution is 2.11. The molecule has 0 bridgehead atoms. The molecule has 0 saturated carbocycles. The van der Waals surface area contributed by atoms with E-state index in [4.69, 9.17) is 16.3 Å². The predicted octanol–water partition coefficient (Wildman–Crippen LogP) is 3.44. The quantitative estimate of drug-likeness (QED) is 0.880. The van der Waals surface area contributed by atoms with Crippen LogP contribution in [-0.2, 0) is 9.53 Å². The van der Waals surface area contributed by atoms with Crippen LogP contribution in [0.15, 0.2) is 48.5 Å². The SMILES string of the molecule is Cc1ccc(NC(=O)COC(=O)c2ccc(Cl)cc2)cc1. The van der Waals surface area contributed by atoms with Crippen LogP contribution in [0, 0.1) is 6.92 Å². The number of aryl methyl sites for hydroxylation is 1. The first kappa shape index (κ1) is 15.1. The second-order valence-corrected chi connectivity index (χ2v) is 4.93. The van der Waals surface area contributed by atoms with E-state index in [1.807, 2.05) is 19.1 Å². The van der Waals surface area contributed by atoms with Crippen molar-refractivity contribution in [3.05, 3.63) is 64.7 Å². The fraction of sp³-hybridized carbons (Fsp3) is 0.125. The third-order valence-electron chi connectivity index (χ3n) is 2.75. The molecule has 0 saturated heterocycles. The van der Waals surface area contributed by atoms with Gasteiger partial charge < -0.3 is 10.1 Å². The number of hydrogen-bond acceptors (Lipinski definition) is 3. The Bertz CT molecular complexity index is 636. The molecular formula is C16H14ClNO3. The van der Waals surface area contributed by atoms with E-state index in [9.17, 15) is 9.59 Å². The predicted molar refractivity (Wildman–Crippen MR) is 81.5 cm³/mol. The zero-order valence-electron chi connectivity index (χ0n) is 11.4. The van der Waals surface area contributed by atoms with Crippen LogP contribution in [0.2, 0.25) is 5.02 Å². The van der Waals surface area contributed by atoms with Gasteiger partial charge in [0.1, 0.15) is 0 Å². The van der Waals surface area contributed by atoms with Crippen molar-refractivity contribution in [3.63, 3.8) is 0 Å². The van der Waals surface area contributed by atoms with E-state index in [-0.39, 0.29) is 12.5 Å². The van der Waals surface area contributed by atoms with Gasteiger partial charge in [-0.15, -0.1) is 0 Å². The van der Waals surface area contributed by atoms with Crippen molar-refractivity contribution in [1.29, 1.82) is 0 Å². The molecule has 0 atom stereocenters. The van der Waals surface area contributed by atoms with Crippen molar-refractivity contribution in [2.24, 2.45) is 0 Å². The number of nitrogens with one attached hydrogen (secondary N) is 1. The third kappa shape index (κ3) is 4.61. The topological polar surface area (TPSA) is 55.4 Å². The Morgan fingerprint density at radius 3 is 2.29 bits per heavy atom. The summed E-state index contributed by atoms with van der Waals surface area (Å²) >= 11 is 5.73. The normalized spacial score (nSPS) is 10.0. The van der Waals surface area contributed by atoms with Crippen LogP contribution >= 0.6 is 11.6 Å². The standard InChI is InChI=1S/C16H14ClNO3/c1-11-2-8-14(9-3-11)18-15(19)10-21-16(20)12-4-6-13(17)7-5-12/h2-9H,10H2,1H3,(H,18,19). The summed E-state index contributed by atoms with van der Waals surface area (Å²) in [6, 6.07) is 13.6. The number of hydrogen-bond donors (Lipinski definition) is 1. The number of esters is 1. The minimum Gasteiger partial charge on any atom is -0.452 e. The molecule has 0 aliphatic carbocycles. The van der Waals surface area contributed by atoms with Crippen LogP contribution in [0.5, 0.6) is 0 Å². The van der Waals surface area contributed by atoms with Crippen LogP contribution in [0.3, 0.4) is 0 Å². The number of benzene rings is 2. The van der Waals surface area contributed by atoms with Crippen molar-refractivity contribution < 1.29 is 14.3 Å². The number of rotatable bonds is 4. The maximum absolute atomic E-state index is 11.7. The molecule has 0 spiro atoms. The second kappa shape index (κ2) is 6.90. The molecule has 4 nitrogen and oxygen atoms in total. The molecule has 2 aromatic rings. The summed E-state index contributed by atoms with van der Waals surface area (Å²) < 4.78 is 4.93. The fourth-order valence-corrected chi connectivity index (χ4v) is 1.76. The highest BCUT2D eigenvalue weighted by atomic mass is 35.5. The zero-order chi connectivity index (χ0) is 15.2. The van der Waals surface area contributed by atoms with E-state index in [1.54, 1.807) is 36.4 Å². The lowest BCUT2D eigenvalue weighted by Crippen LogP contribution is -2.20. The van der Waals surface area contributed by atoms with E-state index in [0.717, 1.165) is 5.56 Å².